The van der Waals surface area contributed by atoms with E-state index in [1.807, 2.05) is 0 Å². The predicted molar refractivity (Wildman–Crippen MR) is 298 cm³/mol. The summed E-state index contributed by atoms with van der Waals surface area (Å²) in [7, 11) is 0. The minimum Gasteiger partial charge on any atom is -0.462 e. The second kappa shape index (κ2) is 58.2. The van der Waals surface area contributed by atoms with Gasteiger partial charge in [-0.1, -0.05) is 250 Å². The van der Waals surface area contributed by atoms with Crippen LogP contribution in [0.1, 0.15) is 329 Å². The highest BCUT2D eigenvalue weighted by molar-refractivity contribution is 5.71. The zero-order valence-electron chi connectivity index (χ0n) is 46.3. The van der Waals surface area contributed by atoms with E-state index < -0.39 is 6.10 Å². The van der Waals surface area contributed by atoms with E-state index in [0.29, 0.717) is 19.3 Å². The summed E-state index contributed by atoms with van der Waals surface area (Å²) in [6.45, 7) is 6.66. The van der Waals surface area contributed by atoms with Crippen LogP contribution >= 0.6 is 0 Å². The Balaban J connectivity index is 4.34. The molecule has 0 aliphatic heterocycles. The molecule has 0 amide bonds. The van der Waals surface area contributed by atoms with Gasteiger partial charge >= 0.3 is 17.9 Å². The molecule has 0 heterocycles. The molecule has 0 radical (unpaired) electrons. The molecule has 0 saturated heterocycles. The van der Waals surface area contributed by atoms with Gasteiger partial charge in [-0.3, -0.25) is 14.4 Å². The molecule has 1 atom stereocenters. The number of rotatable bonds is 56. The summed E-state index contributed by atoms with van der Waals surface area (Å²) in [5.74, 6) is -0.866. The van der Waals surface area contributed by atoms with E-state index in [1.54, 1.807) is 0 Å². The summed E-state index contributed by atoms with van der Waals surface area (Å²) in [6.07, 6.45) is 69.9. The molecule has 0 spiro atoms. The van der Waals surface area contributed by atoms with E-state index in [1.165, 1.54) is 231 Å². The number of hydrogen-bond donors (Lipinski definition) is 0. The summed E-state index contributed by atoms with van der Waals surface area (Å²) in [6, 6.07) is 0. The zero-order chi connectivity index (χ0) is 50.0. The molecule has 0 saturated carbocycles. The highest BCUT2D eigenvalue weighted by Crippen LogP contribution is 2.16. The molecule has 6 nitrogen and oxygen atoms in total. The average molecular weight is 970 g/mol. The van der Waals surface area contributed by atoms with Crippen molar-refractivity contribution in [3.8, 4) is 0 Å². The molecule has 0 aliphatic rings. The lowest BCUT2D eigenvalue weighted by Gasteiger charge is -2.18. The number of unbranched alkanes of at least 4 members (excludes halogenated alkanes) is 39. The van der Waals surface area contributed by atoms with Crippen molar-refractivity contribution in [2.24, 2.45) is 0 Å². The standard InChI is InChI=1S/C63H116O6/c1-4-7-10-13-16-19-22-25-28-30-31-33-35-38-41-44-47-50-53-56-62(65)68-59-60(58-67-61(64)55-52-49-46-43-40-37-34-27-24-21-18-15-12-9-6-3)69-63(66)57-54-51-48-45-42-39-36-32-29-26-23-20-17-14-11-8-5-2/h21,24-26,28-29,60H,4-20,22-23,27,30-59H2,1-3H3/b24-21+,28-25+,29-26+/t60-/m1/s1. The Morgan fingerprint density at radius 2 is 0.478 bits per heavy atom. The molecular formula is C63H116O6. The van der Waals surface area contributed by atoms with Gasteiger partial charge in [-0.15, -0.1) is 0 Å². The fourth-order valence-corrected chi connectivity index (χ4v) is 8.96. The molecule has 6 heteroatoms. The molecule has 0 rings (SSSR count). The molecule has 0 bridgehead atoms. The maximum absolute atomic E-state index is 12.9. The highest BCUT2D eigenvalue weighted by Gasteiger charge is 2.19. The largest absolute Gasteiger partial charge is 0.462 e. The first-order valence-electron chi connectivity index (χ1n) is 30.5. The third kappa shape index (κ3) is 56.4. The van der Waals surface area contributed by atoms with Gasteiger partial charge in [-0.2, -0.15) is 0 Å². The van der Waals surface area contributed by atoms with Gasteiger partial charge in [0.2, 0.25) is 0 Å². The van der Waals surface area contributed by atoms with E-state index in [0.717, 1.165) is 57.8 Å². The Kier molecular flexibility index (Phi) is 56.2. The van der Waals surface area contributed by atoms with Crippen LogP contribution in [0.4, 0.5) is 0 Å². The van der Waals surface area contributed by atoms with Crippen LogP contribution < -0.4 is 0 Å². The Bertz CT molecular complexity index is 1160. The van der Waals surface area contributed by atoms with Crippen molar-refractivity contribution in [1.82, 2.24) is 0 Å². The minimum absolute atomic E-state index is 0.0737. The molecule has 404 valence electrons. The van der Waals surface area contributed by atoms with Crippen molar-refractivity contribution in [2.75, 3.05) is 13.2 Å². The van der Waals surface area contributed by atoms with Gasteiger partial charge in [0.05, 0.1) is 0 Å². The number of ether oxygens (including phenoxy) is 3. The van der Waals surface area contributed by atoms with Gasteiger partial charge in [0, 0.05) is 19.3 Å². The summed E-state index contributed by atoms with van der Waals surface area (Å²) < 4.78 is 16.9. The Hall–Kier alpha value is -2.37. The number of carbonyl (C=O) groups is 3. The third-order valence-corrected chi connectivity index (χ3v) is 13.6. The van der Waals surface area contributed by atoms with Gasteiger partial charge in [-0.05, 0) is 96.3 Å². The van der Waals surface area contributed by atoms with Crippen LogP contribution in [0.15, 0.2) is 36.5 Å². The van der Waals surface area contributed by atoms with E-state index >= 15 is 0 Å². The van der Waals surface area contributed by atoms with Crippen LogP contribution in [0.5, 0.6) is 0 Å². The Morgan fingerprint density at radius 1 is 0.275 bits per heavy atom. The van der Waals surface area contributed by atoms with Gasteiger partial charge in [0.1, 0.15) is 13.2 Å². The predicted octanol–water partition coefficient (Wildman–Crippen LogP) is 20.4. The Morgan fingerprint density at radius 3 is 0.739 bits per heavy atom. The quantitative estimate of drug-likeness (QED) is 0.0261. The second-order valence-electron chi connectivity index (χ2n) is 20.6. The van der Waals surface area contributed by atoms with Crippen molar-refractivity contribution < 1.29 is 28.6 Å². The summed E-state index contributed by atoms with van der Waals surface area (Å²) in [4.78, 5) is 38.2. The lowest BCUT2D eigenvalue weighted by molar-refractivity contribution is -0.167. The summed E-state index contributed by atoms with van der Waals surface area (Å²) in [5.41, 5.74) is 0. The fraction of sp³-hybridized carbons (Fsp3) is 0.857. The van der Waals surface area contributed by atoms with Crippen molar-refractivity contribution in [3.63, 3.8) is 0 Å². The van der Waals surface area contributed by atoms with E-state index in [9.17, 15) is 14.4 Å². The number of allylic oxidation sites excluding steroid dienone is 6. The van der Waals surface area contributed by atoms with Crippen molar-refractivity contribution in [2.45, 2.75) is 335 Å². The number of hydrogen-bond acceptors (Lipinski definition) is 6. The third-order valence-electron chi connectivity index (χ3n) is 13.6. The summed E-state index contributed by atoms with van der Waals surface area (Å²) >= 11 is 0. The number of esters is 3. The molecule has 0 aromatic rings. The molecule has 0 fully saturated rings. The fourth-order valence-electron chi connectivity index (χ4n) is 8.96. The lowest BCUT2D eigenvalue weighted by Crippen LogP contribution is -2.30. The van der Waals surface area contributed by atoms with Crippen LogP contribution in [0.3, 0.4) is 0 Å². The van der Waals surface area contributed by atoms with Gasteiger partial charge < -0.3 is 14.2 Å². The smallest absolute Gasteiger partial charge is 0.306 e. The van der Waals surface area contributed by atoms with Gasteiger partial charge in [0.25, 0.3) is 0 Å². The molecular weight excluding hydrogens is 853 g/mol. The Labute approximate surface area is 429 Å². The molecule has 0 N–H and O–H groups in total. The van der Waals surface area contributed by atoms with E-state index in [-0.39, 0.29) is 31.1 Å². The van der Waals surface area contributed by atoms with Crippen molar-refractivity contribution >= 4 is 17.9 Å². The minimum atomic E-state index is -0.776. The van der Waals surface area contributed by atoms with Crippen LogP contribution in [0.2, 0.25) is 0 Å². The molecule has 0 aliphatic carbocycles. The van der Waals surface area contributed by atoms with E-state index in [4.69, 9.17) is 14.2 Å². The maximum Gasteiger partial charge on any atom is 0.306 e. The summed E-state index contributed by atoms with van der Waals surface area (Å²) in [5, 5.41) is 0. The topological polar surface area (TPSA) is 78.9 Å². The lowest BCUT2D eigenvalue weighted by atomic mass is 10.1. The molecule has 0 aromatic carbocycles. The SMILES string of the molecule is CCCCCC/C=C/CCCCCCCCCC(=O)OC[C@H](COC(=O)CCCCCCCCCCC/C=C/CCCCCCCC)OC(=O)CCCCCCCCC/C=C/CCCCCCCC. The highest BCUT2D eigenvalue weighted by atomic mass is 16.6. The molecule has 69 heavy (non-hydrogen) atoms. The first-order chi connectivity index (χ1) is 34.0. The molecule has 0 unspecified atom stereocenters. The first kappa shape index (κ1) is 66.6. The molecule has 0 aromatic heterocycles. The van der Waals surface area contributed by atoms with Gasteiger partial charge in [0.15, 0.2) is 6.10 Å². The van der Waals surface area contributed by atoms with Crippen LogP contribution in [-0.4, -0.2) is 37.2 Å². The monoisotopic (exact) mass is 969 g/mol. The second-order valence-corrected chi connectivity index (χ2v) is 20.6. The maximum atomic E-state index is 12.9. The van der Waals surface area contributed by atoms with Crippen LogP contribution in [0.25, 0.3) is 0 Å². The number of carbonyl (C=O) groups excluding carboxylic acids is 3. The van der Waals surface area contributed by atoms with Crippen LogP contribution in [-0.2, 0) is 28.6 Å². The average Bonchev–Trinajstić information content (AvgIpc) is 3.35. The van der Waals surface area contributed by atoms with Crippen molar-refractivity contribution in [3.05, 3.63) is 36.5 Å². The van der Waals surface area contributed by atoms with Crippen LogP contribution in [0, 0.1) is 0 Å². The van der Waals surface area contributed by atoms with Crippen molar-refractivity contribution in [1.29, 1.82) is 0 Å². The van der Waals surface area contributed by atoms with Gasteiger partial charge in [-0.25, -0.2) is 0 Å². The normalized spacial score (nSPS) is 12.2. The zero-order valence-corrected chi connectivity index (χ0v) is 46.3. The first-order valence-corrected chi connectivity index (χ1v) is 30.5. The van der Waals surface area contributed by atoms with E-state index in [2.05, 4.69) is 57.2 Å².